The van der Waals surface area contributed by atoms with Crippen molar-refractivity contribution in [2.45, 2.75) is 33.1 Å². The number of likely N-dealkylation sites (N-methyl/N-ethyl adjacent to an activating group) is 1. The monoisotopic (exact) mass is 223 g/mol. The van der Waals surface area contributed by atoms with Crippen molar-refractivity contribution in [3.8, 4) is 6.07 Å². The lowest BCUT2D eigenvalue weighted by Gasteiger charge is -2.19. The molecule has 0 saturated heterocycles. The summed E-state index contributed by atoms with van der Waals surface area (Å²) in [4.78, 5) is 13.5. The zero-order valence-electron chi connectivity index (χ0n) is 10.3. The van der Waals surface area contributed by atoms with Crippen molar-refractivity contribution in [3.05, 3.63) is 0 Å². The topological polar surface area (TPSA) is 56.1 Å². The van der Waals surface area contributed by atoms with E-state index in [-0.39, 0.29) is 11.3 Å². The van der Waals surface area contributed by atoms with Gasteiger partial charge in [0.25, 0.3) is 0 Å². The Bertz CT molecular complexity index is 274. The van der Waals surface area contributed by atoms with Gasteiger partial charge in [-0.15, -0.1) is 0 Å². The highest BCUT2D eigenvalue weighted by Gasteiger charge is 2.41. The molecule has 0 atom stereocenters. The molecule has 0 spiro atoms. The molecule has 0 aliphatic heterocycles. The van der Waals surface area contributed by atoms with Crippen molar-refractivity contribution in [1.29, 1.82) is 5.26 Å². The lowest BCUT2D eigenvalue weighted by Crippen LogP contribution is -2.39. The van der Waals surface area contributed by atoms with Crippen LogP contribution in [0.15, 0.2) is 0 Å². The van der Waals surface area contributed by atoms with Crippen LogP contribution in [-0.2, 0) is 4.79 Å². The number of carbonyl (C=O) groups excluding carboxylic acids is 1. The summed E-state index contributed by atoms with van der Waals surface area (Å²) in [5, 5.41) is 11.8. The Morgan fingerprint density at radius 1 is 1.44 bits per heavy atom. The molecule has 1 amide bonds. The molecule has 90 valence electrons. The predicted molar refractivity (Wildman–Crippen MR) is 62.7 cm³/mol. The molecule has 0 unspecified atom stereocenters. The summed E-state index contributed by atoms with van der Waals surface area (Å²) >= 11 is 0. The number of nitrogens with zero attached hydrogens (tertiary/aromatic N) is 2. The molecule has 1 saturated carbocycles. The maximum atomic E-state index is 11.7. The molecule has 0 aromatic heterocycles. The van der Waals surface area contributed by atoms with Crippen LogP contribution in [0.2, 0.25) is 0 Å². The molecule has 0 radical (unpaired) electrons. The van der Waals surface area contributed by atoms with Crippen molar-refractivity contribution < 1.29 is 4.79 Å². The molecule has 1 aliphatic rings. The van der Waals surface area contributed by atoms with E-state index in [2.05, 4.69) is 11.4 Å². The van der Waals surface area contributed by atoms with Crippen molar-refractivity contribution in [2.24, 2.45) is 5.41 Å². The molecule has 0 aromatic carbocycles. The zero-order valence-corrected chi connectivity index (χ0v) is 10.3. The molecule has 0 bridgehead atoms. The van der Waals surface area contributed by atoms with E-state index < -0.39 is 0 Å². The highest BCUT2D eigenvalue weighted by atomic mass is 16.2. The van der Waals surface area contributed by atoms with E-state index >= 15 is 0 Å². The van der Waals surface area contributed by atoms with Gasteiger partial charge in [0, 0.05) is 26.1 Å². The SMILES string of the molecule is CCN(CC)C(=O)CNCC1(CC#N)CC1. The Morgan fingerprint density at radius 2 is 2.06 bits per heavy atom. The Hall–Kier alpha value is -1.08. The van der Waals surface area contributed by atoms with E-state index in [4.69, 9.17) is 5.26 Å². The first-order valence-electron chi connectivity index (χ1n) is 6.03. The largest absolute Gasteiger partial charge is 0.342 e. The molecule has 0 heterocycles. The summed E-state index contributed by atoms with van der Waals surface area (Å²) in [5.41, 5.74) is 0.179. The minimum absolute atomic E-state index is 0.151. The Morgan fingerprint density at radius 3 is 2.50 bits per heavy atom. The standard InChI is InChI=1S/C12H21N3O/c1-3-15(4-2)11(16)9-14-10-12(5-6-12)7-8-13/h14H,3-7,9-10H2,1-2H3. The van der Waals surface area contributed by atoms with Crippen molar-refractivity contribution in [2.75, 3.05) is 26.2 Å². The first kappa shape index (κ1) is 13.0. The molecular formula is C12H21N3O. The third-order valence-corrected chi connectivity index (χ3v) is 3.30. The second-order valence-corrected chi connectivity index (χ2v) is 4.50. The van der Waals surface area contributed by atoms with Gasteiger partial charge in [0.2, 0.25) is 5.91 Å². The van der Waals surface area contributed by atoms with Gasteiger partial charge in [-0.05, 0) is 32.1 Å². The fraction of sp³-hybridized carbons (Fsp3) is 0.833. The van der Waals surface area contributed by atoms with Gasteiger partial charge < -0.3 is 10.2 Å². The van der Waals surface area contributed by atoms with Crippen molar-refractivity contribution >= 4 is 5.91 Å². The fourth-order valence-corrected chi connectivity index (χ4v) is 1.88. The van der Waals surface area contributed by atoms with E-state index in [1.54, 1.807) is 0 Å². The van der Waals surface area contributed by atoms with Crippen LogP contribution in [0.1, 0.15) is 33.1 Å². The van der Waals surface area contributed by atoms with Crippen LogP contribution in [0.3, 0.4) is 0 Å². The molecule has 1 aliphatic carbocycles. The van der Waals surface area contributed by atoms with Crippen molar-refractivity contribution in [1.82, 2.24) is 10.2 Å². The number of hydrogen-bond acceptors (Lipinski definition) is 3. The Balaban J connectivity index is 2.20. The molecule has 16 heavy (non-hydrogen) atoms. The second-order valence-electron chi connectivity index (χ2n) is 4.50. The second kappa shape index (κ2) is 5.86. The third kappa shape index (κ3) is 3.49. The molecule has 4 nitrogen and oxygen atoms in total. The van der Waals surface area contributed by atoms with Gasteiger partial charge in [0.05, 0.1) is 12.6 Å². The lowest BCUT2D eigenvalue weighted by atomic mass is 10.0. The van der Waals surface area contributed by atoms with E-state index in [0.29, 0.717) is 13.0 Å². The normalized spacial score (nSPS) is 16.6. The van der Waals surface area contributed by atoms with Gasteiger partial charge >= 0.3 is 0 Å². The first-order valence-corrected chi connectivity index (χ1v) is 6.03. The summed E-state index contributed by atoms with van der Waals surface area (Å²) in [7, 11) is 0. The summed E-state index contributed by atoms with van der Waals surface area (Å²) in [6.07, 6.45) is 2.85. The summed E-state index contributed by atoms with van der Waals surface area (Å²) < 4.78 is 0. The number of carbonyl (C=O) groups is 1. The number of amides is 1. The summed E-state index contributed by atoms with van der Waals surface area (Å²) in [6, 6.07) is 2.22. The molecule has 1 rings (SSSR count). The quantitative estimate of drug-likeness (QED) is 0.704. The molecule has 4 heteroatoms. The summed E-state index contributed by atoms with van der Waals surface area (Å²) in [5.74, 6) is 0.151. The van der Waals surface area contributed by atoms with E-state index in [9.17, 15) is 4.79 Å². The highest BCUT2D eigenvalue weighted by Crippen LogP contribution is 2.47. The number of hydrogen-bond donors (Lipinski definition) is 1. The van der Waals surface area contributed by atoms with Gasteiger partial charge in [0.1, 0.15) is 0 Å². The smallest absolute Gasteiger partial charge is 0.236 e. The van der Waals surface area contributed by atoms with Crippen molar-refractivity contribution in [3.63, 3.8) is 0 Å². The highest BCUT2D eigenvalue weighted by molar-refractivity contribution is 5.78. The Kier molecular flexibility index (Phi) is 4.75. The van der Waals surface area contributed by atoms with Crippen LogP contribution in [-0.4, -0.2) is 37.0 Å². The summed E-state index contributed by atoms with van der Waals surface area (Å²) in [6.45, 7) is 6.70. The van der Waals surface area contributed by atoms with Gasteiger partial charge in [-0.1, -0.05) is 0 Å². The van der Waals surface area contributed by atoms with Crippen LogP contribution in [0.5, 0.6) is 0 Å². The van der Waals surface area contributed by atoms with Crippen LogP contribution < -0.4 is 5.32 Å². The number of nitriles is 1. The molecule has 1 N–H and O–H groups in total. The predicted octanol–water partition coefficient (Wildman–Crippen LogP) is 1.14. The Labute approximate surface area is 97.6 Å². The van der Waals surface area contributed by atoms with Crippen LogP contribution in [0.4, 0.5) is 0 Å². The average molecular weight is 223 g/mol. The van der Waals surface area contributed by atoms with Gasteiger partial charge in [-0.2, -0.15) is 5.26 Å². The van der Waals surface area contributed by atoms with E-state index in [1.165, 1.54) is 0 Å². The van der Waals surface area contributed by atoms with Gasteiger partial charge in [0.15, 0.2) is 0 Å². The van der Waals surface area contributed by atoms with E-state index in [0.717, 1.165) is 32.5 Å². The fourth-order valence-electron chi connectivity index (χ4n) is 1.88. The maximum Gasteiger partial charge on any atom is 0.236 e. The number of rotatable bonds is 7. The zero-order chi connectivity index (χ0) is 12.0. The first-order chi connectivity index (χ1) is 7.67. The number of nitrogens with one attached hydrogen (secondary N) is 1. The van der Waals surface area contributed by atoms with Gasteiger partial charge in [-0.25, -0.2) is 0 Å². The van der Waals surface area contributed by atoms with E-state index in [1.807, 2.05) is 18.7 Å². The molecule has 1 fully saturated rings. The maximum absolute atomic E-state index is 11.7. The minimum Gasteiger partial charge on any atom is -0.342 e. The van der Waals surface area contributed by atoms with Crippen LogP contribution in [0.25, 0.3) is 0 Å². The van der Waals surface area contributed by atoms with Crippen LogP contribution in [0, 0.1) is 16.7 Å². The van der Waals surface area contributed by atoms with Crippen LogP contribution >= 0.6 is 0 Å². The minimum atomic E-state index is 0.151. The lowest BCUT2D eigenvalue weighted by molar-refractivity contribution is -0.129. The molecular weight excluding hydrogens is 202 g/mol. The van der Waals surface area contributed by atoms with Gasteiger partial charge in [-0.3, -0.25) is 4.79 Å². The average Bonchev–Trinajstić information content (AvgIpc) is 3.00. The third-order valence-electron chi connectivity index (χ3n) is 3.30. The molecule has 0 aromatic rings.